The molecule has 0 spiro atoms. The lowest BCUT2D eigenvalue weighted by molar-refractivity contribution is -0.384. The number of nitrogens with zero attached hydrogens (tertiary/aromatic N) is 1. The molecule has 0 aliphatic rings. The SMILES string of the molecule is Cc1cc(F)ccc1S(=O)(=O)Oc1ccc([N+](=O)[O-])cc1Cl. The Hall–Kier alpha value is -2.19. The first-order chi connectivity index (χ1) is 10.2. The summed E-state index contributed by atoms with van der Waals surface area (Å²) in [6.07, 6.45) is 0. The fraction of sp³-hybridized carbons (Fsp3) is 0.0769. The predicted molar refractivity (Wildman–Crippen MR) is 77.1 cm³/mol. The first kappa shape index (κ1) is 16.2. The van der Waals surface area contributed by atoms with Crippen LogP contribution in [0.25, 0.3) is 0 Å². The van der Waals surface area contributed by atoms with Crippen LogP contribution in [0.1, 0.15) is 5.56 Å². The topological polar surface area (TPSA) is 86.5 Å². The van der Waals surface area contributed by atoms with Crippen molar-refractivity contribution in [2.24, 2.45) is 0 Å². The van der Waals surface area contributed by atoms with E-state index >= 15 is 0 Å². The zero-order valence-corrected chi connectivity index (χ0v) is 12.7. The second-order valence-electron chi connectivity index (χ2n) is 4.32. The van der Waals surface area contributed by atoms with Crippen LogP contribution in [0.3, 0.4) is 0 Å². The van der Waals surface area contributed by atoms with Crippen LogP contribution in [-0.4, -0.2) is 13.3 Å². The summed E-state index contributed by atoms with van der Waals surface area (Å²) in [5, 5.41) is 10.4. The molecule has 0 saturated carbocycles. The Kier molecular flexibility index (Phi) is 4.34. The summed E-state index contributed by atoms with van der Waals surface area (Å²) in [4.78, 5) is 9.71. The maximum Gasteiger partial charge on any atom is 0.339 e. The fourth-order valence-corrected chi connectivity index (χ4v) is 3.15. The highest BCUT2D eigenvalue weighted by Crippen LogP contribution is 2.31. The number of hydrogen-bond acceptors (Lipinski definition) is 5. The van der Waals surface area contributed by atoms with Crippen LogP contribution < -0.4 is 4.18 Å². The molecule has 0 aliphatic heterocycles. The van der Waals surface area contributed by atoms with E-state index in [1.807, 2.05) is 0 Å². The van der Waals surface area contributed by atoms with E-state index in [-0.39, 0.29) is 26.9 Å². The molecular formula is C13H9ClFNO5S. The Morgan fingerprint density at radius 3 is 2.45 bits per heavy atom. The van der Waals surface area contributed by atoms with Crippen molar-refractivity contribution in [3.63, 3.8) is 0 Å². The molecule has 0 saturated heterocycles. The number of halogens is 2. The Morgan fingerprint density at radius 1 is 1.23 bits per heavy atom. The van der Waals surface area contributed by atoms with Crippen LogP contribution in [-0.2, 0) is 10.1 Å². The number of non-ortho nitro benzene ring substituents is 1. The van der Waals surface area contributed by atoms with E-state index < -0.39 is 20.9 Å². The Bertz CT molecular complexity index is 854. The number of hydrogen-bond donors (Lipinski definition) is 0. The van der Waals surface area contributed by atoms with Crippen molar-refractivity contribution >= 4 is 27.4 Å². The zero-order chi connectivity index (χ0) is 16.5. The minimum atomic E-state index is -4.24. The van der Waals surface area contributed by atoms with Crippen molar-refractivity contribution in [2.45, 2.75) is 11.8 Å². The zero-order valence-electron chi connectivity index (χ0n) is 11.1. The van der Waals surface area contributed by atoms with Gasteiger partial charge in [-0.25, -0.2) is 4.39 Å². The summed E-state index contributed by atoms with van der Waals surface area (Å²) < 4.78 is 42.2. The second kappa shape index (κ2) is 5.90. The Labute approximate surface area is 130 Å². The van der Waals surface area contributed by atoms with Crippen LogP contribution >= 0.6 is 11.6 Å². The molecule has 0 aromatic heterocycles. The van der Waals surface area contributed by atoms with Gasteiger partial charge in [0.15, 0.2) is 5.75 Å². The van der Waals surface area contributed by atoms with E-state index in [1.54, 1.807) is 0 Å². The summed E-state index contributed by atoms with van der Waals surface area (Å²) in [6.45, 7) is 1.41. The van der Waals surface area contributed by atoms with E-state index in [1.165, 1.54) is 6.92 Å². The van der Waals surface area contributed by atoms with Crippen molar-refractivity contribution < 1.29 is 21.9 Å². The van der Waals surface area contributed by atoms with Gasteiger partial charge in [-0.1, -0.05) is 11.6 Å². The molecule has 0 unspecified atom stereocenters. The second-order valence-corrected chi connectivity index (χ2v) is 6.24. The van der Waals surface area contributed by atoms with Crippen LogP contribution in [0.5, 0.6) is 5.75 Å². The summed E-state index contributed by atoms with van der Waals surface area (Å²) in [5.74, 6) is -0.833. The van der Waals surface area contributed by atoms with Gasteiger partial charge in [0.25, 0.3) is 5.69 Å². The van der Waals surface area contributed by atoms with E-state index in [0.717, 1.165) is 36.4 Å². The molecule has 2 rings (SSSR count). The van der Waals surface area contributed by atoms with Gasteiger partial charge in [-0.3, -0.25) is 10.1 Å². The molecule has 116 valence electrons. The highest BCUT2D eigenvalue weighted by atomic mass is 35.5. The molecule has 0 atom stereocenters. The Morgan fingerprint density at radius 2 is 1.91 bits per heavy atom. The van der Waals surface area contributed by atoms with E-state index in [9.17, 15) is 22.9 Å². The third kappa shape index (κ3) is 3.34. The molecule has 2 aromatic carbocycles. The molecule has 6 nitrogen and oxygen atoms in total. The molecule has 0 amide bonds. The number of nitro benzene ring substituents is 1. The van der Waals surface area contributed by atoms with Gasteiger partial charge in [0, 0.05) is 12.1 Å². The quantitative estimate of drug-likeness (QED) is 0.481. The van der Waals surface area contributed by atoms with Gasteiger partial charge >= 0.3 is 10.1 Å². The standard InChI is InChI=1S/C13H9ClFNO5S/c1-8-6-9(15)2-5-13(8)22(19,20)21-12-4-3-10(16(17)18)7-11(12)14/h2-7H,1H3. The van der Waals surface area contributed by atoms with Crippen LogP contribution in [0, 0.1) is 22.9 Å². The molecule has 0 N–H and O–H groups in total. The van der Waals surface area contributed by atoms with Crippen molar-refractivity contribution in [2.75, 3.05) is 0 Å². The summed E-state index contributed by atoms with van der Waals surface area (Å²) in [7, 11) is -4.24. The lowest BCUT2D eigenvalue weighted by atomic mass is 10.2. The molecular weight excluding hydrogens is 337 g/mol. The molecule has 0 aliphatic carbocycles. The average Bonchev–Trinajstić information content (AvgIpc) is 2.40. The van der Waals surface area contributed by atoms with Crippen LogP contribution in [0.4, 0.5) is 10.1 Å². The molecule has 0 heterocycles. The van der Waals surface area contributed by atoms with Gasteiger partial charge < -0.3 is 4.18 Å². The van der Waals surface area contributed by atoms with Gasteiger partial charge in [0.1, 0.15) is 10.7 Å². The summed E-state index contributed by atoms with van der Waals surface area (Å²) >= 11 is 5.78. The number of rotatable bonds is 4. The highest BCUT2D eigenvalue weighted by molar-refractivity contribution is 7.87. The van der Waals surface area contributed by atoms with E-state index in [2.05, 4.69) is 0 Å². The fourth-order valence-electron chi connectivity index (χ4n) is 1.73. The normalized spacial score (nSPS) is 11.2. The minimum absolute atomic E-state index is 0.165. The monoisotopic (exact) mass is 345 g/mol. The van der Waals surface area contributed by atoms with Crippen LogP contribution in [0.2, 0.25) is 5.02 Å². The molecule has 9 heteroatoms. The number of nitro groups is 1. The first-order valence-electron chi connectivity index (χ1n) is 5.85. The molecule has 22 heavy (non-hydrogen) atoms. The van der Waals surface area contributed by atoms with Gasteiger partial charge in [-0.05, 0) is 36.8 Å². The van der Waals surface area contributed by atoms with Crippen molar-refractivity contribution in [3.8, 4) is 5.75 Å². The molecule has 0 radical (unpaired) electrons. The third-order valence-electron chi connectivity index (χ3n) is 2.73. The maximum atomic E-state index is 13.0. The van der Waals surface area contributed by atoms with E-state index in [0.29, 0.717) is 0 Å². The van der Waals surface area contributed by atoms with E-state index in [4.69, 9.17) is 15.8 Å². The average molecular weight is 346 g/mol. The largest absolute Gasteiger partial charge is 0.377 e. The minimum Gasteiger partial charge on any atom is -0.377 e. The van der Waals surface area contributed by atoms with Gasteiger partial charge in [0.05, 0.1) is 9.95 Å². The smallest absolute Gasteiger partial charge is 0.339 e. The van der Waals surface area contributed by atoms with Crippen molar-refractivity contribution in [1.82, 2.24) is 0 Å². The number of benzene rings is 2. The molecule has 2 aromatic rings. The van der Waals surface area contributed by atoms with Crippen LogP contribution in [0.15, 0.2) is 41.3 Å². The predicted octanol–water partition coefficient (Wildman–Crippen LogP) is 3.46. The highest BCUT2D eigenvalue weighted by Gasteiger charge is 2.22. The third-order valence-corrected chi connectivity index (χ3v) is 4.42. The summed E-state index contributed by atoms with van der Waals surface area (Å²) in [6, 6.07) is 6.22. The van der Waals surface area contributed by atoms with Crippen molar-refractivity contribution in [1.29, 1.82) is 0 Å². The molecule has 0 fully saturated rings. The maximum absolute atomic E-state index is 13.0. The lowest BCUT2D eigenvalue weighted by Crippen LogP contribution is -2.11. The molecule has 0 bridgehead atoms. The lowest BCUT2D eigenvalue weighted by Gasteiger charge is -2.10. The summed E-state index contributed by atoms with van der Waals surface area (Å²) in [5.41, 5.74) is -0.134. The van der Waals surface area contributed by atoms with Gasteiger partial charge in [-0.15, -0.1) is 0 Å². The Balaban J connectivity index is 2.39. The first-order valence-corrected chi connectivity index (χ1v) is 7.64. The number of aryl methyl sites for hydroxylation is 1. The van der Waals surface area contributed by atoms with Crippen molar-refractivity contribution in [3.05, 3.63) is 62.9 Å². The van der Waals surface area contributed by atoms with Gasteiger partial charge in [0.2, 0.25) is 0 Å². The van der Waals surface area contributed by atoms with Gasteiger partial charge in [-0.2, -0.15) is 8.42 Å².